The number of rotatable bonds is 4. The Bertz CT molecular complexity index is 1050. The molecule has 0 atom stereocenters. The van der Waals surface area contributed by atoms with E-state index in [1.54, 1.807) is 0 Å². The van der Waals surface area contributed by atoms with Crippen molar-refractivity contribution in [3.63, 3.8) is 0 Å². The van der Waals surface area contributed by atoms with Crippen LogP contribution in [0.4, 0.5) is 4.39 Å². The quantitative estimate of drug-likeness (QED) is 0.730. The van der Waals surface area contributed by atoms with Gasteiger partial charge >= 0.3 is 5.97 Å². The number of carbonyl (C=O) groups excluding carboxylic acids is 3. The van der Waals surface area contributed by atoms with Crippen molar-refractivity contribution in [2.45, 2.75) is 4.90 Å². The fourth-order valence-corrected chi connectivity index (χ4v) is 3.34. The van der Waals surface area contributed by atoms with E-state index in [1.807, 2.05) is 0 Å². The zero-order chi connectivity index (χ0) is 19.9. The number of carbonyl (C=O) groups is 3. The number of fused-ring (bicyclic) bond motifs is 1. The van der Waals surface area contributed by atoms with E-state index in [2.05, 4.69) is 0 Å². The summed E-state index contributed by atoms with van der Waals surface area (Å²) < 4.78 is 39.2. The van der Waals surface area contributed by atoms with E-state index in [-0.39, 0.29) is 21.1 Å². The smallest absolute Gasteiger partial charge is 0.324 e. The van der Waals surface area contributed by atoms with E-state index < -0.39 is 39.2 Å². The normalized spacial score (nSPS) is 13.9. The summed E-state index contributed by atoms with van der Waals surface area (Å²) in [6.07, 6.45) is 0. The molecule has 140 valence electrons. The number of nitrogens with zero attached hydrogens (tertiary/aromatic N) is 2. The van der Waals surface area contributed by atoms with Crippen molar-refractivity contribution in [1.82, 2.24) is 9.37 Å². The van der Waals surface area contributed by atoms with E-state index >= 15 is 0 Å². The number of amides is 2. The van der Waals surface area contributed by atoms with Crippen LogP contribution in [0.25, 0.3) is 0 Å². The Morgan fingerprint density at radius 2 is 1.59 bits per heavy atom. The Morgan fingerprint density at radius 1 is 1.04 bits per heavy atom. The molecule has 27 heavy (non-hydrogen) atoms. The van der Waals surface area contributed by atoms with Crippen LogP contribution in [0.15, 0.2) is 47.4 Å². The minimum Gasteiger partial charge on any atom is -0.324 e. The van der Waals surface area contributed by atoms with E-state index in [0.29, 0.717) is 0 Å². The van der Waals surface area contributed by atoms with Gasteiger partial charge in [0.1, 0.15) is 5.82 Å². The molecule has 1 aliphatic rings. The second kappa shape index (κ2) is 6.56. The number of imide groups is 1. The molecule has 10 heteroatoms. The average molecular weight is 392 g/mol. The summed E-state index contributed by atoms with van der Waals surface area (Å²) in [7, 11) is -1.38. The summed E-state index contributed by atoms with van der Waals surface area (Å²) in [5.41, 5.74) is -0.645. The van der Waals surface area contributed by atoms with Crippen molar-refractivity contribution in [3.8, 4) is 0 Å². The molecule has 2 aromatic rings. The summed E-state index contributed by atoms with van der Waals surface area (Å²) >= 11 is 0. The summed E-state index contributed by atoms with van der Waals surface area (Å²) in [5.74, 6) is -4.19. The van der Waals surface area contributed by atoms with Crippen LogP contribution >= 0.6 is 0 Å². The predicted molar refractivity (Wildman–Crippen MR) is 89.6 cm³/mol. The molecular weight excluding hydrogens is 379 g/mol. The Hall–Kier alpha value is -3.11. The minimum atomic E-state index is -3.93. The molecule has 0 fully saturated rings. The molecule has 2 aromatic carbocycles. The highest BCUT2D eigenvalue weighted by Gasteiger charge is 2.39. The van der Waals surface area contributed by atoms with Gasteiger partial charge in [0.25, 0.3) is 11.8 Å². The van der Waals surface area contributed by atoms with Gasteiger partial charge < -0.3 is 4.84 Å². The van der Waals surface area contributed by atoms with Crippen LogP contribution in [0, 0.1) is 5.82 Å². The van der Waals surface area contributed by atoms with Crippen LogP contribution in [-0.2, 0) is 14.9 Å². The first-order valence-electron chi connectivity index (χ1n) is 7.57. The molecule has 0 unspecified atom stereocenters. The van der Waals surface area contributed by atoms with Gasteiger partial charge in [0, 0.05) is 14.1 Å². The summed E-state index contributed by atoms with van der Waals surface area (Å²) in [6.45, 7) is 0. The van der Waals surface area contributed by atoms with Gasteiger partial charge in [-0.05, 0) is 30.3 Å². The highest BCUT2D eigenvalue weighted by Crippen LogP contribution is 2.24. The molecule has 1 heterocycles. The van der Waals surface area contributed by atoms with Gasteiger partial charge in [-0.25, -0.2) is 21.9 Å². The fourth-order valence-electron chi connectivity index (χ4n) is 2.41. The van der Waals surface area contributed by atoms with Crippen LogP contribution in [0.1, 0.15) is 31.1 Å². The molecule has 1 aliphatic heterocycles. The number of hydrogen-bond acceptors (Lipinski definition) is 6. The summed E-state index contributed by atoms with van der Waals surface area (Å²) in [6, 6.07) is 8.39. The van der Waals surface area contributed by atoms with Crippen LogP contribution in [0.2, 0.25) is 0 Å². The van der Waals surface area contributed by atoms with Crippen LogP contribution < -0.4 is 0 Å². The van der Waals surface area contributed by atoms with Crippen LogP contribution in [0.5, 0.6) is 0 Å². The second-order valence-electron chi connectivity index (χ2n) is 5.76. The molecule has 0 spiro atoms. The summed E-state index contributed by atoms with van der Waals surface area (Å²) in [5, 5.41) is 0.222. The topological polar surface area (TPSA) is 101 Å². The molecule has 3 rings (SSSR count). The molecule has 2 amide bonds. The predicted octanol–water partition coefficient (Wildman–Crippen LogP) is 1.44. The Balaban J connectivity index is 1.92. The first-order chi connectivity index (χ1) is 12.6. The standard InChI is InChI=1S/C17H13FN2O6S/c1-19(2)27(24,25)10-7-8-14(18)13(9-10)17(23)26-20-15(21)11-5-3-4-6-12(11)16(20)22/h3-9H,1-2H3. The molecule has 0 aliphatic carbocycles. The third-order valence-electron chi connectivity index (χ3n) is 3.87. The van der Waals surface area contributed by atoms with Gasteiger partial charge in [-0.3, -0.25) is 9.59 Å². The first-order valence-corrected chi connectivity index (χ1v) is 9.01. The maximum atomic E-state index is 14.0. The van der Waals surface area contributed by atoms with Gasteiger partial charge in [0.2, 0.25) is 10.0 Å². The highest BCUT2D eigenvalue weighted by atomic mass is 32.2. The number of sulfonamides is 1. The van der Waals surface area contributed by atoms with E-state index in [4.69, 9.17) is 4.84 Å². The number of halogens is 1. The SMILES string of the molecule is CN(C)S(=O)(=O)c1ccc(F)c(C(=O)ON2C(=O)c3ccccc3C2=O)c1. The summed E-state index contributed by atoms with van der Waals surface area (Å²) in [4.78, 5) is 41.1. The Labute approximate surface area is 153 Å². The lowest BCUT2D eigenvalue weighted by atomic mass is 10.1. The van der Waals surface area contributed by atoms with Crippen molar-refractivity contribution in [3.05, 3.63) is 65.0 Å². The number of hydrogen-bond donors (Lipinski definition) is 0. The lowest BCUT2D eigenvalue weighted by molar-refractivity contribution is -0.0587. The molecular formula is C17H13FN2O6S. The molecule has 0 radical (unpaired) electrons. The van der Waals surface area contributed by atoms with Crippen LogP contribution in [0.3, 0.4) is 0 Å². The molecule has 0 saturated heterocycles. The van der Waals surface area contributed by atoms with Crippen molar-refractivity contribution < 1.29 is 32.0 Å². The Kier molecular flexibility index (Phi) is 4.54. The fraction of sp³-hybridized carbons (Fsp3) is 0.118. The molecule has 0 bridgehead atoms. The Morgan fingerprint density at radius 3 is 2.11 bits per heavy atom. The van der Waals surface area contributed by atoms with Gasteiger partial charge in [-0.2, -0.15) is 0 Å². The van der Waals surface area contributed by atoms with Gasteiger partial charge in [-0.15, -0.1) is 0 Å². The highest BCUT2D eigenvalue weighted by molar-refractivity contribution is 7.89. The molecule has 0 saturated carbocycles. The van der Waals surface area contributed by atoms with Gasteiger partial charge in [-0.1, -0.05) is 17.2 Å². The van der Waals surface area contributed by atoms with E-state index in [9.17, 15) is 27.2 Å². The number of hydroxylamine groups is 2. The van der Waals surface area contributed by atoms with Gasteiger partial charge in [0.05, 0.1) is 21.6 Å². The third kappa shape index (κ3) is 3.09. The van der Waals surface area contributed by atoms with E-state index in [1.165, 1.54) is 38.4 Å². The maximum absolute atomic E-state index is 14.0. The largest absolute Gasteiger partial charge is 0.366 e. The van der Waals surface area contributed by atoms with Crippen molar-refractivity contribution >= 4 is 27.8 Å². The molecule has 0 N–H and O–H groups in total. The van der Waals surface area contributed by atoms with Crippen molar-refractivity contribution in [1.29, 1.82) is 0 Å². The van der Waals surface area contributed by atoms with E-state index in [0.717, 1.165) is 22.5 Å². The van der Waals surface area contributed by atoms with Crippen LogP contribution in [-0.4, -0.2) is 49.7 Å². The number of benzene rings is 2. The monoisotopic (exact) mass is 392 g/mol. The molecule has 0 aromatic heterocycles. The zero-order valence-corrected chi connectivity index (χ0v) is 15.0. The zero-order valence-electron chi connectivity index (χ0n) is 14.2. The van der Waals surface area contributed by atoms with Gasteiger partial charge in [0.15, 0.2) is 0 Å². The maximum Gasteiger partial charge on any atom is 0.366 e. The molecule has 8 nitrogen and oxygen atoms in total. The lowest BCUT2D eigenvalue weighted by Crippen LogP contribution is -2.33. The minimum absolute atomic E-state index is 0.0414. The average Bonchev–Trinajstić information content (AvgIpc) is 2.87. The first kappa shape index (κ1) is 18.7. The third-order valence-corrected chi connectivity index (χ3v) is 5.68. The van der Waals surface area contributed by atoms with Crippen molar-refractivity contribution in [2.75, 3.05) is 14.1 Å². The second-order valence-corrected chi connectivity index (χ2v) is 7.91. The van der Waals surface area contributed by atoms with Crippen molar-refractivity contribution in [2.24, 2.45) is 0 Å². The lowest BCUT2D eigenvalue weighted by Gasteiger charge is -2.15.